The van der Waals surface area contributed by atoms with Gasteiger partial charge >= 0.3 is 0 Å². The number of halogens is 3. The molecule has 0 amide bonds. The van der Waals surface area contributed by atoms with Crippen LogP contribution in [0.5, 0.6) is 0 Å². The molecule has 0 spiro atoms. The first-order chi connectivity index (χ1) is 20.9. The van der Waals surface area contributed by atoms with E-state index in [1.807, 2.05) is 33.0 Å². The summed E-state index contributed by atoms with van der Waals surface area (Å²) in [6, 6.07) is 9.90. The molecule has 2 aromatic carbocycles. The zero-order valence-corrected chi connectivity index (χ0v) is 25.7. The van der Waals surface area contributed by atoms with Crippen LogP contribution in [0.3, 0.4) is 0 Å². The highest BCUT2D eigenvalue weighted by molar-refractivity contribution is 7.92. The van der Waals surface area contributed by atoms with Crippen molar-refractivity contribution >= 4 is 21.5 Å². The quantitative estimate of drug-likeness (QED) is 0.214. The number of anilines is 2. The van der Waals surface area contributed by atoms with Gasteiger partial charge in [-0.05, 0) is 81.6 Å². The minimum atomic E-state index is -4.79. The van der Waals surface area contributed by atoms with E-state index in [-0.39, 0.29) is 22.8 Å². The maximum Gasteiger partial charge on any atom is 0.269 e. The Labute approximate surface area is 254 Å². The largest absolute Gasteiger partial charge is 0.381 e. The fraction of sp³-hybridized carbons (Fsp3) is 0.355. The van der Waals surface area contributed by atoms with Gasteiger partial charge in [0.15, 0.2) is 5.82 Å². The molecular formula is C31H34F3N5O4S. The van der Waals surface area contributed by atoms with Crippen molar-refractivity contribution < 1.29 is 31.1 Å². The van der Waals surface area contributed by atoms with E-state index in [0.29, 0.717) is 46.6 Å². The molecule has 0 aliphatic carbocycles. The van der Waals surface area contributed by atoms with Crippen LogP contribution in [0.25, 0.3) is 22.4 Å². The lowest BCUT2D eigenvalue weighted by atomic mass is 10.0. The van der Waals surface area contributed by atoms with Gasteiger partial charge in [-0.3, -0.25) is 4.68 Å². The van der Waals surface area contributed by atoms with Gasteiger partial charge < -0.3 is 14.8 Å². The Kier molecular flexibility index (Phi) is 9.00. The molecule has 13 heteroatoms. The van der Waals surface area contributed by atoms with Crippen molar-refractivity contribution in [2.45, 2.75) is 50.1 Å². The minimum Gasteiger partial charge on any atom is -0.381 e. The van der Waals surface area contributed by atoms with Crippen LogP contribution >= 0.6 is 0 Å². The zero-order valence-electron chi connectivity index (χ0n) is 24.9. The van der Waals surface area contributed by atoms with E-state index < -0.39 is 44.8 Å². The van der Waals surface area contributed by atoms with Crippen LogP contribution in [0, 0.1) is 17.5 Å². The summed E-state index contributed by atoms with van der Waals surface area (Å²) in [7, 11) is -3.58. The molecule has 44 heavy (non-hydrogen) atoms. The van der Waals surface area contributed by atoms with Crippen LogP contribution in [0.2, 0.25) is 0 Å². The first-order valence-corrected chi connectivity index (χ1v) is 15.5. The van der Waals surface area contributed by atoms with Crippen molar-refractivity contribution in [2.24, 2.45) is 0 Å². The molecule has 1 saturated heterocycles. The molecule has 4 aromatic rings. The number of nitrogens with one attached hydrogen (secondary N) is 1. The zero-order chi connectivity index (χ0) is 31.6. The third-order valence-corrected chi connectivity index (χ3v) is 8.83. The summed E-state index contributed by atoms with van der Waals surface area (Å²) in [6.07, 6.45) is 4.93. The van der Waals surface area contributed by atoms with Crippen LogP contribution in [-0.4, -0.2) is 55.8 Å². The third kappa shape index (κ3) is 6.59. The molecule has 234 valence electrons. The van der Waals surface area contributed by atoms with Gasteiger partial charge in [-0.15, -0.1) is 0 Å². The van der Waals surface area contributed by atoms with E-state index in [4.69, 9.17) is 14.6 Å². The highest BCUT2D eigenvalue weighted by atomic mass is 32.2. The molecule has 0 radical (unpaired) electrons. The van der Waals surface area contributed by atoms with Gasteiger partial charge in [-0.25, -0.2) is 30.9 Å². The topological polar surface area (TPSA) is 98.6 Å². The van der Waals surface area contributed by atoms with Crippen molar-refractivity contribution in [1.82, 2.24) is 14.8 Å². The first-order valence-electron chi connectivity index (χ1n) is 14.1. The second-order valence-electron chi connectivity index (χ2n) is 11.5. The third-order valence-electron chi connectivity index (χ3n) is 7.08. The number of aromatic nitrogens is 3. The van der Waals surface area contributed by atoms with Crippen LogP contribution in [-0.2, 0) is 19.5 Å². The molecular weight excluding hydrogens is 595 g/mol. The van der Waals surface area contributed by atoms with E-state index in [2.05, 4.69) is 10.3 Å². The number of nitrogens with zero attached hydrogens (tertiary/aromatic N) is 4. The first kappa shape index (κ1) is 31.5. The Morgan fingerprint density at radius 1 is 1.07 bits per heavy atom. The normalized spacial score (nSPS) is 14.5. The average molecular weight is 630 g/mol. The predicted molar refractivity (Wildman–Crippen MR) is 161 cm³/mol. The fourth-order valence-corrected chi connectivity index (χ4v) is 6.52. The van der Waals surface area contributed by atoms with Gasteiger partial charge in [-0.1, -0.05) is 6.07 Å². The lowest BCUT2D eigenvalue weighted by molar-refractivity contribution is 0.0663. The van der Waals surface area contributed by atoms with E-state index >= 15 is 4.39 Å². The summed E-state index contributed by atoms with van der Waals surface area (Å²) in [5.41, 5.74) is 0.928. The molecule has 9 nitrogen and oxygen atoms in total. The Morgan fingerprint density at radius 2 is 1.82 bits per heavy atom. The summed E-state index contributed by atoms with van der Waals surface area (Å²) < 4.78 is 85.3. The molecule has 2 aromatic heterocycles. The van der Waals surface area contributed by atoms with E-state index in [1.54, 1.807) is 16.9 Å². The number of pyridine rings is 1. The van der Waals surface area contributed by atoms with Crippen LogP contribution < -0.4 is 9.62 Å². The smallest absolute Gasteiger partial charge is 0.269 e. The number of benzene rings is 2. The maximum atomic E-state index is 16.6. The number of rotatable bonds is 9. The molecule has 1 aliphatic rings. The molecule has 1 aliphatic heterocycles. The van der Waals surface area contributed by atoms with Crippen molar-refractivity contribution in [1.29, 1.82) is 0 Å². The highest BCUT2D eigenvalue weighted by Crippen LogP contribution is 2.39. The van der Waals surface area contributed by atoms with E-state index in [1.165, 1.54) is 25.3 Å². The predicted octanol–water partition coefficient (Wildman–Crippen LogP) is 6.39. The number of ether oxygens (including phenoxy) is 2. The van der Waals surface area contributed by atoms with Crippen molar-refractivity contribution in [3.63, 3.8) is 0 Å². The summed E-state index contributed by atoms with van der Waals surface area (Å²) >= 11 is 0. The number of sulfonamides is 1. The highest BCUT2D eigenvalue weighted by Gasteiger charge is 2.32. The van der Waals surface area contributed by atoms with Crippen LogP contribution in [0.4, 0.5) is 24.7 Å². The molecule has 0 bridgehead atoms. The number of methoxy groups -OCH3 is 1. The fourth-order valence-electron chi connectivity index (χ4n) is 5.06. The second kappa shape index (κ2) is 12.6. The van der Waals surface area contributed by atoms with Crippen LogP contribution in [0.1, 0.15) is 39.7 Å². The summed E-state index contributed by atoms with van der Waals surface area (Å²) in [6.45, 7) is 6.49. The Bertz CT molecular complexity index is 1750. The van der Waals surface area contributed by atoms with Crippen molar-refractivity contribution in [3.8, 4) is 22.4 Å². The second-order valence-corrected chi connectivity index (χ2v) is 13.3. The van der Waals surface area contributed by atoms with Gasteiger partial charge in [-0.2, -0.15) is 5.10 Å². The summed E-state index contributed by atoms with van der Waals surface area (Å²) in [5, 5.41) is 8.15. The Hall–Kier alpha value is -3.94. The summed E-state index contributed by atoms with van der Waals surface area (Å²) in [4.78, 5) is 3.48. The molecule has 1 fully saturated rings. The molecule has 0 unspecified atom stereocenters. The van der Waals surface area contributed by atoms with Gasteiger partial charge in [0.1, 0.15) is 34.8 Å². The van der Waals surface area contributed by atoms with Gasteiger partial charge in [0.05, 0.1) is 11.7 Å². The minimum absolute atomic E-state index is 0.0119. The lowest BCUT2D eigenvalue weighted by Gasteiger charge is -2.25. The van der Waals surface area contributed by atoms with Crippen LogP contribution in [0.15, 0.2) is 65.8 Å². The maximum absolute atomic E-state index is 16.6. The molecule has 0 saturated carbocycles. The van der Waals surface area contributed by atoms with Gasteiger partial charge in [0, 0.05) is 49.4 Å². The average Bonchev–Trinajstić information content (AvgIpc) is 3.42. The van der Waals surface area contributed by atoms with E-state index in [9.17, 15) is 17.2 Å². The Morgan fingerprint density at radius 3 is 2.52 bits per heavy atom. The molecule has 1 N–H and O–H groups in total. The SMILES string of the molecule is COCN(c1cccc(-c2nn(C3CCOCC3)cc2-c2ccnc(NC(C)(C)C)c2)c1F)S(=O)(=O)c1cc(F)ccc1F. The van der Waals surface area contributed by atoms with Crippen molar-refractivity contribution in [2.75, 3.05) is 36.7 Å². The lowest BCUT2D eigenvalue weighted by Crippen LogP contribution is -2.34. The van der Waals surface area contributed by atoms with Gasteiger partial charge in [0.25, 0.3) is 10.0 Å². The molecule has 3 heterocycles. The number of hydrogen-bond acceptors (Lipinski definition) is 7. The summed E-state index contributed by atoms with van der Waals surface area (Å²) in [5.74, 6) is -2.45. The molecule has 0 atom stereocenters. The standard InChI is InChI=1S/C31H34F3N5O4S/c1-31(2,3)36-28-16-20(10-13-35-28)24-18-38(22-11-14-43-15-12-22)37-30(24)23-6-5-7-26(29(23)34)39(19-42-4)44(40,41)27-17-21(32)8-9-25(27)33/h5-10,13,16-18,22H,11-12,14-15,19H2,1-4H3,(H,35,36). The Balaban J connectivity index is 1.66. The van der Waals surface area contributed by atoms with Crippen molar-refractivity contribution in [3.05, 3.63) is 78.4 Å². The number of hydrogen-bond donors (Lipinski definition) is 1. The monoisotopic (exact) mass is 629 g/mol. The molecule has 5 rings (SSSR count). The van der Waals surface area contributed by atoms with E-state index in [0.717, 1.165) is 18.9 Å². The van der Waals surface area contributed by atoms with Gasteiger partial charge in [0.2, 0.25) is 0 Å².